The average molecular weight is 334 g/mol. The first kappa shape index (κ1) is 14.8. The number of fused-ring (bicyclic) bond motifs is 1. The number of nitrogens with one attached hydrogen (secondary N) is 2. The highest BCUT2D eigenvalue weighted by molar-refractivity contribution is 5.86. The third kappa shape index (κ3) is 2.76. The summed E-state index contributed by atoms with van der Waals surface area (Å²) in [6.45, 7) is 5.22. The van der Waals surface area contributed by atoms with Gasteiger partial charge in [-0.15, -0.1) is 0 Å². The van der Waals surface area contributed by atoms with E-state index in [-0.39, 0.29) is 0 Å². The zero-order valence-corrected chi connectivity index (χ0v) is 14.2. The standard InChI is InChI=1S/C19H22N6/c1-2-16(9-15-11-21-10-14(1)15)23-17-3-6-22-18(24-17)25-12-19(13-25)4-7-20-8-5-19/h1-3,6,9,11,20H,4-5,7-8,10,12-13H2,(H,22,23,24). The molecule has 0 aliphatic carbocycles. The van der Waals surface area contributed by atoms with E-state index >= 15 is 0 Å². The third-order valence-electron chi connectivity index (χ3n) is 5.55. The first-order chi connectivity index (χ1) is 12.3. The molecule has 1 aromatic heterocycles. The van der Waals surface area contributed by atoms with Crippen molar-refractivity contribution in [1.82, 2.24) is 15.3 Å². The van der Waals surface area contributed by atoms with Crippen LogP contribution in [-0.2, 0) is 6.54 Å². The maximum absolute atomic E-state index is 4.72. The Labute approximate surface area is 147 Å². The molecule has 1 aromatic carbocycles. The van der Waals surface area contributed by atoms with Gasteiger partial charge in [0.2, 0.25) is 5.95 Å². The lowest BCUT2D eigenvalue weighted by atomic mass is 9.72. The second kappa shape index (κ2) is 5.81. The van der Waals surface area contributed by atoms with Crippen molar-refractivity contribution in [2.24, 2.45) is 10.4 Å². The van der Waals surface area contributed by atoms with Crippen molar-refractivity contribution in [3.8, 4) is 0 Å². The van der Waals surface area contributed by atoms with Crippen molar-refractivity contribution in [3.63, 3.8) is 0 Å². The molecule has 0 amide bonds. The van der Waals surface area contributed by atoms with Crippen molar-refractivity contribution >= 4 is 23.7 Å². The molecule has 6 nitrogen and oxygen atoms in total. The van der Waals surface area contributed by atoms with Gasteiger partial charge in [0, 0.05) is 36.6 Å². The number of hydrogen-bond acceptors (Lipinski definition) is 6. The van der Waals surface area contributed by atoms with Crippen molar-refractivity contribution in [2.75, 3.05) is 36.4 Å². The molecule has 0 saturated carbocycles. The molecule has 0 radical (unpaired) electrons. The molecule has 2 fully saturated rings. The van der Waals surface area contributed by atoms with Gasteiger partial charge in [0.05, 0.1) is 6.54 Å². The summed E-state index contributed by atoms with van der Waals surface area (Å²) in [5, 5.41) is 6.85. The van der Waals surface area contributed by atoms with Crippen LogP contribution in [0.4, 0.5) is 17.5 Å². The summed E-state index contributed by atoms with van der Waals surface area (Å²) in [6, 6.07) is 8.26. The quantitative estimate of drug-likeness (QED) is 0.902. The van der Waals surface area contributed by atoms with Crippen LogP contribution < -0.4 is 15.5 Å². The minimum absolute atomic E-state index is 0.483. The number of piperidine rings is 1. The van der Waals surface area contributed by atoms with Gasteiger partial charge in [-0.3, -0.25) is 4.99 Å². The van der Waals surface area contributed by atoms with Crippen LogP contribution in [0.15, 0.2) is 35.5 Å². The number of rotatable bonds is 3. The smallest absolute Gasteiger partial charge is 0.227 e. The first-order valence-electron chi connectivity index (χ1n) is 8.98. The molecule has 2 N–H and O–H groups in total. The molecule has 1 spiro atoms. The van der Waals surface area contributed by atoms with Crippen LogP contribution >= 0.6 is 0 Å². The largest absolute Gasteiger partial charge is 0.340 e. The number of aliphatic imine (C=N–C) groups is 1. The summed E-state index contributed by atoms with van der Waals surface area (Å²) >= 11 is 0. The average Bonchev–Trinajstić information content (AvgIpc) is 3.08. The van der Waals surface area contributed by atoms with Crippen LogP contribution in [0, 0.1) is 5.41 Å². The van der Waals surface area contributed by atoms with E-state index in [1.165, 1.54) is 24.0 Å². The summed E-state index contributed by atoms with van der Waals surface area (Å²) < 4.78 is 0. The van der Waals surface area contributed by atoms with Gasteiger partial charge in [0.15, 0.2) is 0 Å². The molecular formula is C19H22N6. The second-order valence-electron chi connectivity index (χ2n) is 7.36. The Morgan fingerprint density at radius 3 is 2.88 bits per heavy atom. The lowest BCUT2D eigenvalue weighted by Gasteiger charge is -2.52. The zero-order chi connectivity index (χ0) is 16.7. The zero-order valence-electron chi connectivity index (χ0n) is 14.2. The first-order valence-corrected chi connectivity index (χ1v) is 8.98. The van der Waals surface area contributed by atoms with Gasteiger partial charge < -0.3 is 15.5 Å². The van der Waals surface area contributed by atoms with Crippen LogP contribution in [0.1, 0.15) is 24.0 Å². The van der Waals surface area contributed by atoms with E-state index < -0.39 is 0 Å². The summed E-state index contributed by atoms with van der Waals surface area (Å²) in [4.78, 5) is 15.8. The lowest BCUT2D eigenvalue weighted by molar-refractivity contribution is 0.148. The van der Waals surface area contributed by atoms with Crippen molar-refractivity contribution in [2.45, 2.75) is 19.4 Å². The Hall–Kier alpha value is -2.47. The number of benzene rings is 1. The van der Waals surface area contributed by atoms with Crippen molar-refractivity contribution in [3.05, 3.63) is 41.6 Å². The molecule has 0 unspecified atom stereocenters. The Balaban J connectivity index is 1.30. The highest BCUT2D eigenvalue weighted by Gasteiger charge is 2.44. The summed E-state index contributed by atoms with van der Waals surface area (Å²) in [6.07, 6.45) is 6.30. The van der Waals surface area contributed by atoms with Gasteiger partial charge in [-0.2, -0.15) is 4.98 Å². The molecule has 3 aliphatic heterocycles. The Bertz CT molecular complexity index is 816. The Morgan fingerprint density at radius 1 is 1.12 bits per heavy atom. The van der Waals surface area contributed by atoms with E-state index in [4.69, 9.17) is 4.98 Å². The maximum atomic E-state index is 4.72. The molecule has 6 heteroatoms. The van der Waals surface area contributed by atoms with Crippen LogP contribution in [0.5, 0.6) is 0 Å². The fourth-order valence-corrected chi connectivity index (χ4v) is 4.08. The van der Waals surface area contributed by atoms with E-state index in [2.05, 4.69) is 43.7 Å². The molecule has 3 aliphatic rings. The van der Waals surface area contributed by atoms with Gasteiger partial charge in [0.1, 0.15) is 5.82 Å². The molecule has 0 bridgehead atoms. The lowest BCUT2D eigenvalue weighted by Crippen LogP contribution is -2.60. The van der Waals surface area contributed by atoms with Crippen molar-refractivity contribution < 1.29 is 0 Å². The topological polar surface area (TPSA) is 65.4 Å². The molecule has 2 saturated heterocycles. The minimum Gasteiger partial charge on any atom is -0.340 e. The molecule has 2 aromatic rings. The predicted octanol–water partition coefficient (Wildman–Crippen LogP) is 2.34. The maximum Gasteiger partial charge on any atom is 0.227 e. The van der Waals surface area contributed by atoms with Crippen LogP contribution in [0.3, 0.4) is 0 Å². The Morgan fingerprint density at radius 2 is 2.00 bits per heavy atom. The van der Waals surface area contributed by atoms with Gasteiger partial charge in [-0.05, 0) is 55.3 Å². The Kier molecular flexibility index (Phi) is 3.45. The van der Waals surface area contributed by atoms with Crippen LogP contribution in [0.2, 0.25) is 0 Å². The van der Waals surface area contributed by atoms with Gasteiger partial charge in [0.25, 0.3) is 0 Å². The number of anilines is 3. The van der Waals surface area contributed by atoms with E-state index in [1.54, 1.807) is 0 Å². The number of nitrogens with zero attached hydrogens (tertiary/aromatic N) is 4. The molecule has 5 rings (SSSR count). The van der Waals surface area contributed by atoms with Gasteiger partial charge in [-0.25, -0.2) is 4.98 Å². The van der Waals surface area contributed by atoms with Crippen LogP contribution in [-0.4, -0.2) is 42.4 Å². The summed E-state index contributed by atoms with van der Waals surface area (Å²) in [7, 11) is 0. The third-order valence-corrected chi connectivity index (χ3v) is 5.55. The van der Waals surface area contributed by atoms with E-state index in [1.807, 2.05) is 18.5 Å². The SMILES string of the molecule is C1=NCc2ccc(Nc3ccnc(N4CC5(CCNCC5)C4)n3)cc21. The highest BCUT2D eigenvalue weighted by Crippen LogP contribution is 2.40. The van der Waals surface area contributed by atoms with Gasteiger partial charge in [-0.1, -0.05) is 6.07 Å². The van der Waals surface area contributed by atoms with E-state index in [0.717, 1.165) is 50.2 Å². The van der Waals surface area contributed by atoms with E-state index in [0.29, 0.717) is 5.41 Å². The molecule has 128 valence electrons. The fraction of sp³-hybridized carbons (Fsp3) is 0.421. The highest BCUT2D eigenvalue weighted by atomic mass is 15.3. The van der Waals surface area contributed by atoms with Crippen LogP contribution in [0.25, 0.3) is 0 Å². The monoisotopic (exact) mass is 334 g/mol. The fourth-order valence-electron chi connectivity index (χ4n) is 4.08. The normalized spacial score (nSPS) is 20.4. The van der Waals surface area contributed by atoms with Gasteiger partial charge >= 0.3 is 0 Å². The van der Waals surface area contributed by atoms with Crippen molar-refractivity contribution in [1.29, 1.82) is 0 Å². The summed E-state index contributed by atoms with van der Waals surface area (Å²) in [5.74, 6) is 1.67. The predicted molar refractivity (Wildman–Crippen MR) is 99.8 cm³/mol. The second-order valence-corrected chi connectivity index (χ2v) is 7.36. The molecule has 25 heavy (non-hydrogen) atoms. The number of hydrogen-bond donors (Lipinski definition) is 2. The minimum atomic E-state index is 0.483. The summed E-state index contributed by atoms with van der Waals surface area (Å²) in [5.41, 5.74) is 3.99. The number of aromatic nitrogens is 2. The molecular weight excluding hydrogens is 312 g/mol. The molecule has 0 atom stereocenters. The van der Waals surface area contributed by atoms with E-state index in [9.17, 15) is 0 Å². The molecule has 4 heterocycles.